The predicted octanol–water partition coefficient (Wildman–Crippen LogP) is 6.11. The Hall–Kier alpha value is -1.15. The zero-order valence-corrected chi connectivity index (χ0v) is 21.3. The Morgan fingerprint density at radius 3 is 2.42 bits per heavy atom. The zero-order chi connectivity index (χ0) is 22.2. The number of rotatable bonds is 5. The minimum absolute atomic E-state index is 0.0705. The van der Waals surface area contributed by atoms with E-state index in [-0.39, 0.29) is 11.7 Å². The molecule has 2 aromatic rings. The fourth-order valence-electron chi connectivity index (χ4n) is 4.60. The average molecular weight is 569 g/mol. The van der Waals surface area contributed by atoms with Crippen LogP contribution in [0.3, 0.4) is 0 Å². The summed E-state index contributed by atoms with van der Waals surface area (Å²) < 4.78 is 33.6. The van der Waals surface area contributed by atoms with Gasteiger partial charge in [-0.2, -0.15) is 0 Å². The molecule has 4 rings (SSSR count). The molecule has 31 heavy (non-hydrogen) atoms. The van der Waals surface area contributed by atoms with Gasteiger partial charge in [0.05, 0.1) is 21.7 Å². The van der Waals surface area contributed by atoms with Crippen molar-refractivity contribution in [3.63, 3.8) is 0 Å². The Morgan fingerprint density at radius 2 is 1.74 bits per heavy atom. The molecule has 2 N–H and O–H groups in total. The van der Waals surface area contributed by atoms with Gasteiger partial charge in [0.2, 0.25) is 0 Å². The highest BCUT2D eigenvalue weighted by Crippen LogP contribution is 2.44. The number of ether oxygens (including phenoxy) is 1. The molecule has 0 radical (unpaired) electrons. The van der Waals surface area contributed by atoms with E-state index in [1.807, 2.05) is 12.1 Å². The lowest BCUT2D eigenvalue weighted by Crippen LogP contribution is -2.29. The summed E-state index contributed by atoms with van der Waals surface area (Å²) in [5.41, 5.74) is 8.74. The Balaban J connectivity index is 1.54. The Bertz CT molecular complexity index is 1070. The van der Waals surface area contributed by atoms with Gasteiger partial charge in [0.25, 0.3) is 0 Å². The van der Waals surface area contributed by atoms with Gasteiger partial charge in [0.1, 0.15) is 5.75 Å². The van der Waals surface area contributed by atoms with E-state index in [2.05, 4.69) is 38.4 Å². The summed E-state index contributed by atoms with van der Waals surface area (Å²) in [5.74, 6) is 1.59. The van der Waals surface area contributed by atoms with Crippen LogP contribution in [-0.2, 0) is 15.6 Å². The summed E-state index contributed by atoms with van der Waals surface area (Å²) in [4.78, 5) is 0.313. The van der Waals surface area contributed by atoms with Crippen molar-refractivity contribution in [2.75, 3.05) is 6.61 Å². The van der Waals surface area contributed by atoms with E-state index in [1.54, 1.807) is 24.3 Å². The molecule has 7 heteroatoms. The molecule has 1 unspecified atom stereocenters. The monoisotopic (exact) mass is 567 g/mol. The van der Waals surface area contributed by atoms with E-state index in [9.17, 15) is 8.42 Å². The topological polar surface area (TPSA) is 69.4 Å². The summed E-state index contributed by atoms with van der Waals surface area (Å²) in [6.45, 7) is 5.00. The number of benzene rings is 2. The minimum atomic E-state index is -3.46. The second-order valence-corrected chi connectivity index (χ2v) is 12.5. The second kappa shape index (κ2) is 9.38. The SMILES string of the molecule is C=C1c2cc(CS(=O)(=O)c3ccc(Br)cc3)cc(Br)c2OCC1CC1CCC(N)CC1. The van der Waals surface area contributed by atoms with Crippen LogP contribution in [-0.4, -0.2) is 21.1 Å². The standard InChI is InChI=1S/C24H27Br2NO3S/c1-15-18(10-16-2-6-20(27)7-3-16)13-30-24-22(15)11-17(12-23(24)26)14-31(28,29)21-8-4-19(25)5-9-21/h4-5,8-9,11-12,16,18,20H,1-3,6-7,10,13-14,27H2. The lowest BCUT2D eigenvalue weighted by Gasteiger charge is -2.33. The molecule has 1 saturated carbocycles. The maximum Gasteiger partial charge on any atom is 0.182 e. The number of nitrogens with two attached hydrogens (primary N) is 1. The maximum absolute atomic E-state index is 12.9. The van der Waals surface area contributed by atoms with Crippen LogP contribution in [0, 0.1) is 11.8 Å². The van der Waals surface area contributed by atoms with E-state index < -0.39 is 9.84 Å². The second-order valence-electron chi connectivity index (χ2n) is 8.72. The van der Waals surface area contributed by atoms with Gasteiger partial charge in [-0.1, -0.05) is 22.5 Å². The third-order valence-electron chi connectivity index (χ3n) is 6.41. The zero-order valence-electron chi connectivity index (χ0n) is 17.3. The first kappa shape index (κ1) is 23.0. The summed E-state index contributed by atoms with van der Waals surface area (Å²) in [7, 11) is -3.46. The van der Waals surface area contributed by atoms with Crippen molar-refractivity contribution in [3.8, 4) is 5.75 Å². The summed E-state index contributed by atoms with van der Waals surface area (Å²) in [5, 5.41) is 0. The molecule has 1 atom stereocenters. The van der Waals surface area contributed by atoms with Crippen LogP contribution < -0.4 is 10.5 Å². The van der Waals surface area contributed by atoms with Crippen molar-refractivity contribution >= 4 is 47.3 Å². The first-order chi connectivity index (χ1) is 14.7. The van der Waals surface area contributed by atoms with Crippen molar-refractivity contribution in [3.05, 3.63) is 63.0 Å². The van der Waals surface area contributed by atoms with Gasteiger partial charge in [0.15, 0.2) is 9.84 Å². The van der Waals surface area contributed by atoms with Gasteiger partial charge in [0, 0.05) is 22.0 Å². The van der Waals surface area contributed by atoms with Crippen LogP contribution in [0.4, 0.5) is 0 Å². The van der Waals surface area contributed by atoms with E-state index in [4.69, 9.17) is 10.5 Å². The molecule has 4 nitrogen and oxygen atoms in total. The van der Waals surface area contributed by atoms with Crippen LogP contribution in [0.2, 0.25) is 0 Å². The third-order valence-corrected chi connectivity index (χ3v) is 9.23. The highest BCUT2D eigenvalue weighted by Gasteiger charge is 2.30. The molecule has 166 valence electrons. The molecule has 2 aromatic carbocycles. The van der Waals surface area contributed by atoms with Gasteiger partial charge >= 0.3 is 0 Å². The number of fused-ring (bicyclic) bond motifs is 1. The first-order valence-electron chi connectivity index (χ1n) is 10.6. The molecule has 0 spiro atoms. The molecule has 1 aliphatic heterocycles. The fraction of sp³-hybridized carbons (Fsp3) is 0.417. The Labute approximate surface area is 201 Å². The van der Waals surface area contributed by atoms with E-state index >= 15 is 0 Å². The Morgan fingerprint density at radius 1 is 1.06 bits per heavy atom. The molecule has 0 amide bonds. The van der Waals surface area contributed by atoms with E-state index in [0.29, 0.717) is 23.5 Å². The normalized spacial score (nSPS) is 23.8. The number of hydrogen-bond acceptors (Lipinski definition) is 4. The lowest BCUT2D eigenvalue weighted by atomic mass is 9.77. The molecular weight excluding hydrogens is 542 g/mol. The minimum Gasteiger partial charge on any atom is -0.491 e. The molecule has 0 saturated heterocycles. The van der Waals surface area contributed by atoms with Crippen LogP contribution in [0.1, 0.15) is 43.2 Å². The Kier molecular flexibility index (Phi) is 6.96. The summed E-state index contributed by atoms with van der Waals surface area (Å²) in [6, 6.07) is 10.9. The van der Waals surface area contributed by atoms with Crippen LogP contribution in [0.25, 0.3) is 5.57 Å². The van der Waals surface area contributed by atoms with Crippen molar-refractivity contribution in [1.29, 1.82) is 0 Å². The van der Waals surface area contributed by atoms with Crippen molar-refractivity contribution in [2.24, 2.45) is 17.6 Å². The molecule has 0 aromatic heterocycles. The van der Waals surface area contributed by atoms with Crippen molar-refractivity contribution < 1.29 is 13.2 Å². The lowest BCUT2D eigenvalue weighted by molar-refractivity contribution is 0.218. The predicted molar refractivity (Wildman–Crippen MR) is 132 cm³/mol. The highest BCUT2D eigenvalue weighted by molar-refractivity contribution is 9.10. The van der Waals surface area contributed by atoms with Crippen molar-refractivity contribution in [2.45, 2.75) is 48.8 Å². The quantitative estimate of drug-likeness (QED) is 0.472. The fourth-order valence-corrected chi connectivity index (χ4v) is 6.81. The largest absolute Gasteiger partial charge is 0.491 e. The number of hydrogen-bond donors (Lipinski definition) is 1. The van der Waals surface area contributed by atoms with Gasteiger partial charge in [-0.3, -0.25) is 0 Å². The molecule has 1 heterocycles. The molecule has 1 aliphatic carbocycles. The molecule has 2 aliphatic rings. The van der Waals surface area contributed by atoms with Crippen LogP contribution >= 0.6 is 31.9 Å². The highest BCUT2D eigenvalue weighted by atomic mass is 79.9. The van der Waals surface area contributed by atoms with Crippen molar-refractivity contribution in [1.82, 2.24) is 0 Å². The van der Waals surface area contributed by atoms with Crippen LogP contribution in [0.15, 0.2) is 56.8 Å². The maximum atomic E-state index is 12.9. The molecule has 1 fully saturated rings. The van der Waals surface area contributed by atoms with E-state index in [1.165, 1.54) is 0 Å². The summed E-state index contributed by atoms with van der Waals surface area (Å²) >= 11 is 6.93. The first-order valence-corrected chi connectivity index (χ1v) is 13.8. The summed E-state index contributed by atoms with van der Waals surface area (Å²) in [6.07, 6.45) is 5.54. The van der Waals surface area contributed by atoms with Gasteiger partial charge in [-0.25, -0.2) is 8.42 Å². The van der Waals surface area contributed by atoms with Gasteiger partial charge < -0.3 is 10.5 Å². The van der Waals surface area contributed by atoms with Gasteiger partial charge in [-0.15, -0.1) is 0 Å². The number of sulfone groups is 1. The molecular formula is C24H27Br2NO3S. The van der Waals surface area contributed by atoms with Crippen LogP contribution in [0.5, 0.6) is 5.75 Å². The average Bonchev–Trinajstić information content (AvgIpc) is 2.72. The smallest absolute Gasteiger partial charge is 0.182 e. The van der Waals surface area contributed by atoms with Gasteiger partial charge in [-0.05, 0) is 101 Å². The third kappa shape index (κ3) is 5.27. The molecule has 0 bridgehead atoms. The number of halogens is 2. The van der Waals surface area contributed by atoms with E-state index in [0.717, 1.165) is 63.5 Å².